The topological polar surface area (TPSA) is 52.6 Å². The molecule has 150 valence electrons. The molecule has 0 bridgehead atoms. The summed E-state index contributed by atoms with van der Waals surface area (Å²) in [6.45, 7) is 3.49. The summed E-state index contributed by atoms with van der Waals surface area (Å²) in [4.78, 5) is 9.00. The zero-order valence-electron chi connectivity index (χ0n) is 17.7. The van der Waals surface area contributed by atoms with Gasteiger partial charge in [0.2, 0.25) is 0 Å². The summed E-state index contributed by atoms with van der Waals surface area (Å²) in [6.07, 6.45) is 24.8. The van der Waals surface area contributed by atoms with Gasteiger partial charge < -0.3 is 5.11 Å². The van der Waals surface area contributed by atoms with Crippen LogP contribution in [0.15, 0.2) is 21.1 Å². The monoisotopic (exact) mass is 386 g/mol. The van der Waals surface area contributed by atoms with E-state index in [1.807, 2.05) is 0 Å². The molecule has 1 heterocycles. The third kappa shape index (κ3) is 14.5. The predicted octanol–water partition coefficient (Wildman–Crippen LogP) is 4.96. The van der Waals surface area contributed by atoms with Crippen LogP contribution < -0.4 is 5.43 Å². The molecule has 0 saturated heterocycles. The number of carbonyl (C=O) groups is 1. The minimum absolute atomic E-state index is 0.754. The Morgan fingerprint density at radius 3 is 2.48 bits per heavy atom. The van der Waals surface area contributed by atoms with Crippen molar-refractivity contribution in [2.24, 2.45) is 0 Å². The van der Waals surface area contributed by atoms with Gasteiger partial charge in [-0.1, -0.05) is 0 Å². The molecule has 0 aromatic rings. The molecule has 0 aromatic carbocycles. The first-order valence-corrected chi connectivity index (χ1v) is 12.1. The first-order chi connectivity index (χ1) is 13.1. The Balaban J connectivity index is 0.000000828. The van der Waals surface area contributed by atoms with Crippen molar-refractivity contribution >= 4 is 33.9 Å². The van der Waals surface area contributed by atoms with Crippen LogP contribution in [0, 0.1) is 0 Å². The molecule has 1 atom stereocenters. The molecule has 0 saturated carbocycles. The number of hydrogen-bond acceptors (Lipinski definition) is 3. The molecular weight excluding hydrogens is 347 g/mol. The summed E-state index contributed by atoms with van der Waals surface area (Å²) in [5.74, 6) is -0.833. The van der Waals surface area contributed by atoms with E-state index in [2.05, 4.69) is 28.7 Å². The number of nitrogens with one attached hydrogen (secondary N) is 1. The van der Waals surface area contributed by atoms with Crippen molar-refractivity contribution in [3.05, 3.63) is 21.1 Å². The van der Waals surface area contributed by atoms with Crippen LogP contribution in [0.25, 0.3) is 0 Å². The van der Waals surface area contributed by atoms with Crippen LogP contribution >= 0.6 is 0 Å². The summed E-state index contributed by atoms with van der Waals surface area (Å²) in [5, 5.41) is 10.1. The van der Waals surface area contributed by atoms with Gasteiger partial charge in [-0.05, 0) is 0 Å². The summed E-state index contributed by atoms with van der Waals surface area (Å²) >= 11 is 1.26. The summed E-state index contributed by atoms with van der Waals surface area (Å²) in [6, 6.07) is 0.754. The second kappa shape index (κ2) is 16.8. The van der Waals surface area contributed by atoms with Gasteiger partial charge in [0.15, 0.2) is 0 Å². The summed E-state index contributed by atoms with van der Waals surface area (Å²) in [7, 11) is 0. The Morgan fingerprint density at radius 2 is 1.70 bits per heavy atom. The summed E-state index contributed by atoms with van der Waals surface area (Å²) in [5.41, 5.74) is 3.81. The van der Waals surface area contributed by atoms with Crippen LogP contribution in [-0.4, -0.2) is 63.1 Å². The van der Waals surface area contributed by atoms with Gasteiger partial charge in [0.05, 0.1) is 0 Å². The molecule has 0 amide bonds. The van der Waals surface area contributed by atoms with Crippen molar-refractivity contribution in [2.45, 2.75) is 96.4 Å². The molecular formula is C22H39N2NaO2. The van der Waals surface area contributed by atoms with E-state index >= 15 is 0 Å². The summed E-state index contributed by atoms with van der Waals surface area (Å²) < 4.78 is 1.74. The third-order valence-electron chi connectivity index (χ3n) is 5.33. The van der Waals surface area contributed by atoms with Crippen LogP contribution in [-0.2, 0) is 4.79 Å². The molecule has 0 radical (unpaired) electrons. The Kier molecular flexibility index (Phi) is 15.5. The normalized spacial score (nSPS) is 27.5. The van der Waals surface area contributed by atoms with Crippen molar-refractivity contribution < 1.29 is 9.90 Å². The third-order valence-corrected chi connectivity index (χ3v) is 6.24. The second-order valence-corrected chi connectivity index (χ2v) is 9.25. The molecule has 2 N–H and O–H groups in total. The molecule has 1 unspecified atom stereocenters. The molecule has 0 spiro atoms. The van der Waals surface area contributed by atoms with Crippen molar-refractivity contribution in [3.63, 3.8) is 0 Å². The predicted molar refractivity (Wildman–Crippen MR) is 115 cm³/mol. The first-order valence-electron chi connectivity index (χ1n) is 11.1. The van der Waals surface area contributed by atoms with Crippen LogP contribution in [0.3, 0.4) is 0 Å². The van der Waals surface area contributed by atoms with Crippen LogP contribution in [0.5, 0.6) is 0 Å². The van der Waals surface area contributed by atoms with Crippen molar-refractivity contribution in [2.75, 3.05) is 13.1 Å². The van der Waals surface area contributed by atoms with E-state index in [1.54, 1.807) is 2.82 Å². The Labute approximate surface area is 184 Å². The van der Waals surface area contributed by atoms with Gasteiger partial charge in [-0.15, -0.1) is 0 Å². The molecule has 27 heavy (non-hydrogen) atoms. The van der Waals surface area contributed by atoms with Gasteiger partial charge in [0.25, 0.3) is 5.97 Å². The number of carboxylic acid groups (broad SMARTS) is 1. The second-order valence-electron chi connectivity index (χ2n) is 7.96. The number of rotatable bonds is 1. The Morgan fingerprint density at radius 1 is 1.04 bits per heavy atom. The van der Waals surface area contributed by atoms with E-state index in [-0.39, 0.29) is 0 Å². The quantitative estimate of drug-likeness (QED) is 0.494. The molecule has 0 fully saturated rings. The Bertz CT molecular complexity index is 448. The van der Waals surface area contributed by atoms with Gasteiger partial charge in [-0.25, -0.2) is 0 Å². The van der Waals surface area contributed by atoms with Crippen molar-refractivity contribution in [3.8, 4) is 0 Å². The van der Waals surface area contributed by atoms with Gasteiger partial charge in [-0.3, -0.25) is 4.79 Å². The number of carboxylic acids is 1. The van der Waals surface area contributed by atoms with Crippen LogP contribution in [0.1, 0.15) is 90.4 Å². The molecule has 2 aliphatic rings. The molecule has 1 aliphatic heterocycles. The molecule has 2 rings (SSSR count). The number of allylic oxidation sites excluding steroid dienone is 4. The van der Waals surface area contributed by atoms with Gasteiger partial charge >= 0.3 is 162 Å². The molecule has 0 aromatic heterocycles. The van der Waals surface area contributed by atoms with E-state index in [9.17, 15) is 0 Å². The fraction of sp³-hybridized carbons (Fsp3) is 0.773. The fourth-order valence-electron chi connectivity index (χ4n) is 3.84. The van der Waals surface area contributed by atoms with E-state index in [0.29, 0.717) is 0 Å². The van der Waals surface area contributed by atoms with Crippen molar-refractivity contribution in [1.82, 2.24) is 10.4 Å². The SMILES string of the molecule is CC(=O)O.[Na]/[C]1=C\CCCCNN(C2CCC/C=C\CCCCC2)CCC1. The Hall–Kier alpha value is -0.130. The first kappa shape index (κ1) is 24.9. The molecule has 1 aliphatic carbocycles. The van der Waals surface area contributed by atoms with E-state index in [1.165, 1.54) is 124 Å². The minimum atomic E-state index is -0.833. The van der Waals surface area contributed by atoms with E-state index < -0.39 is 5.97 Å². The average molecular weight is 387 g/mol. The maximum atomic E-state index is 9.00. The average Bonchev–Trinajstić information content (AvgIpc) is 2.71. The standard InChI is InChI=1S/C20H35N2.C2H4O2.Na/c1-2-5-9-13-17-20(16-12-8-4-1)22-19-15-11-7-3-6-10-14-18-21-22;1-2(3)4;/h1,3-4,20-21H,2,5-6,8-19H2;1H3,(H,3,4);/b4-1-,7-3?;;. The van der Waals surface area contributed by atoms with Gasteiger partial charge in [0.1, 0.15) is 0 Å². The van der Waals surface area contributed by atoms with E-state index in [0.717, 1.165) is 13.0 Å². The van der Waals surface area contributed by atoms with Crippen molar-refractivity contribution in [1.29, 1.82) is 0 Å². The zero-order chi connectivity index (χ0) is 19.7. The zero-order valence-corrected chi connectivity index (χ0v) is 19.7. The fourth-order valence-corrected chi connectivity index (χ4v) is 4.49. The van der Waals surface area contributed by atoms with Crippen LogP contribution in [0.4, 0.5) is 0 Å². The molecule has 5 heteroatoms. The van der Waals surface area contributed by atoms with Gasteiger partial charge in [0, 0.05) is 6.92 Å². The number of nitrogens with zero attached hydrogens (tertiary/aromatic N) is 1. The van der Waals surface area contributed by atoms with Gasteiger partial charge in [-0.2, -0.15) is 0 Å². The number of hydrogen-bond donors (Lipinski definition) is 2. The number of aliphatic carboxylic acids is 1. The number of hydrazine groups is 1. The van der Waals surface area contributed by atoms with E-state index in [4.69, 9.17) is 9.90 Å². The van der Waals surface area contributed by atoms with Crippen LogP contribution in [0.2, 0.25) is 0 Å². The molecule has 4 nitrogen and oxygen atoms in total. The maximum absolute atomic E-state index is 9.00.